The highest BCUT2D eigenvalue weighted by atomic mass is 28.4. The van der Waals surface area contributed by atoms with E-state index in [1.54, 1.807) is 5.67 Å². The average Bonchev–Trinajstić information content (AvgIpc) is 2.23. The van der Waals surface area contributed by atoms with Crippen LogP contribution in [0.1, 0.15) is 26.3 Å². The van der Waals surface area contributed by atoms with Gasteiger partial charge in [-0.05, 0) is 44.9 Å². The van der Waals surface area contributed by atoms with Crippen LogP contribution < -0.4 is 4.74 Å². The van der Waals surface area contributed by atoms with Gasteiger partial charge in [0, 0.05) is 17.6 Å². The van der Waals surface area contributed by atoms with E-state index in [1.165, 1.54) is 18.0 Å². The average molecular weight is 295 g/mol. The van der Waals surface area contributed by atoms with Gasteiger partial charge in [0.05, 0.1) is 0 Å². The van der Waals surface area contributed by atoms with Gasteiger partial charge >= 0.3 is 0 Å². The highest BCUT2D eigenvalue weighted by Crippen LogP contribution is 2.19. The lowest BCUT2D eigenvalue weighted by Crippen LogP contribution is -2.22. The van der Waals surface area contributed by atoms with Gasteiger partial charge in [0.25, 0.3) is 0 Å². The second kappa shape index (κ2) is 6.75. The van der Waals surface area contributed by atoms with Crippen molar-refractivity contribution in [1.29, 1.82) is 0 Å². The fourth-order valence-corrected chi connectivity index (χ4v) is 7.96. The van der Waals surface area contributed by atoms with E-state index in [0.717, 1.165) is 5.75 Å². The summed E-state index contributed by atoms with van der Waals surface area (Å²) in [6, 6.07) is 10.1. The molecular weight excluding hydrogens is 264 g/mol. The molecule has 0 unspecified atom stereocenters. The van der Waals surface area contributed by atoms with Crippen LogP contribution in [-0.2, 0) is 6.42 Å². The van der Waals surface area contributed by atoms with Crippen LogP contribution in [0, 0.1) is 0 Å². The molecule has 0 amide bonds. The predicted octanol–water partition coefficient (Wildman–Crippen LogP) is 4.29. The van der Waals surface area contributed by atoms with Crippen LogP contribution in [0.25, 0.3) is 0 Å². The highest BCUT2D eigenvalue weighted by molar-refractivity contribution is 6.83. The van der Waals surface area contributed by atoms with Crippen LogP contribution in [0.15, 0.2) is 24.3 Å². The molecule has 1 rings (SSSR count). The van der Waals surface area contributed by atoms with E-state index in [0.29, 0.717) is 0 Å². The van der Waals surface area contributed by atoms with Crippen LogP contribution in [0.5, 0.6) is 5.75 Å². The third-order valence-corrected chi connectivity index (χ3v) is 11.3. The molecule has 3 heteroatoms. The zero-order valence-corrected chi connectivity index (χ0v) is 16.0. The van der Waals surface area contributed by atoms with Crippen molar-refractivity contribution in [2.24, 2.45) is 0 Å². The van der Waals surface area contributed by atoms with Crippen molar-refractivity contribution < 1.29 is 4.74 Å². The first kappa shape index (κ1) is 16.5. The Balaban J connectivity index is 2.36. The van der Waals surface area contributed by atoms with Crippen molar-refractivity contribution in [2.45, 2.75) is 64.1 Å². The molecule has 0 radical (unpaired) electrons. The lowest BCUT2D eigenvalue weighted by molar-refractivity contribution is 0.131. The van der Waals surface area contributed by atoms with E-state index in [9.17, 15) is 0 Å². The van der Waals surface area contributed by atoms with Crippen LogP contribution in [0.2, 0.25) is 31.4 Å². The Morgan fingerprint density at radius 2 is 1.63 bits per heavy atom. The van der Waals surface area contributed by atoms with Gasteiger partial charge in [-0.25, -0.2) is 0 Å². The van der Waals surface area contributed by atoms with E-state index in [-0.39, 0.29) is 15.1 Å². The quantitative estimate of drug-likeness (QED) is 0.562. The van der Waals surface area contributed by atoms with E-state index in [4.69, 9.17) is 4.74 Å². The fraction of sp³-hybridized carbons (Fsp3) is 0.625. The van der Waals surface area contributed by atoms with E-state index in [1.807, 2.05) is 0 Å². The van der Waals surface area contributed by atoms with Gasteiger partial charge in [0.15, 0.2) is 0 Å². The molecule has 19 heavy (non-hydrogen) atoms. The highest BCUT2D eigenvalue weighted by Gasteiger charge is 2.12. The first-order valence-electron chi connectivity index (χ1n) is 7.44. The van der Waals surface area contributed by atoms with Gasteiger partial charge in [-0.3, -0.25) is 0 Å². The molecule has 0 fully saturated rings. The SMILES string of the molecule is CC(C)(C)Oc1ccc(CC[SiH2]C[Si](C)(C)C)cc1. The Hall–Kier alpha value is -0.546. The zero-order valence-electron chi connectivity index (χ0n) is 13.5. The number of aryl methyl sites for hydroxylation is 1. The summed E-state index contributed by atoms with van der Waals surface area (Å²) in [5.41, 5.74) is 2.94. The van der Waals surface area contributed by atoms with Gasteiger partial charge < -0.3 is 4.74 Å². The van der Waals surface area contributed by atoms with Crippen molar-refractivity contribution in [3.8, 4) is 5.75 Å². The molecule has 1 nitrogen and oxygen atoms in total. The van der Waals surface area contributed by atoms with Crippen molar-refractivity contribution in [3.63, 3.8) is 0 Å². The lowest BCUT2D eigenvalue weighted by atomic mass is 10.1. The molecule has 0 aliphatic rings. The smallest absolute Gasteiger partial charge is 0.120 e. The summed E-state index contributed by atoms with van der Waals surface area (Å²) in [4.78, 5) is 0. The van der Waals surface area contributed by atoms with Crippen LogP contribution in [0.3, 0.4) is 0 Å². The Morgan fingerprint density at radius 1 is 1.05 bits per heavy atom. The molecule has 0 heterocycles. The molecule has 0 aromatic heterocycles. The first-order chi connectivity index (χ1) is 8.66. The summed E-state index contributed by atoms with van der Waals surface area (Å²) < 4.78 is 5.84. The second-order valence-corrected chi connectivity index (χ2v) is 16.2. The van der Waals surface area contributed by atoms with E-state index >= 15 is 0 Å². The largest absolute Gasteiger partial charge is 0.488 e. The molecule has 0 aliphatic heterocycles. The van der Waals surface area contributed by atoms with Crippen LogP contribution >= 0.6 is 0 Å². The Bertz CT molecular complexity index is 371. The molecule has 0 bridgehead atoms. The maximum atomic E-state index is 5.84. The van der Waals surface area contributed by atoms with Crippen LogP contribution in [0.4, 0.5) is 0 Å². The monoisotopic (exact) mass is 294 g/mol. The van der Waals surface area contributed by atoms with Crippen molar-refractivity contribution in [3.05, 3.63) is 29.8 Å². The van der Waals surface area contributed by atoms with Gasteiger partial charge in [-0.1, -0.05) is 43.5 Å². The maximum Gasteiger partial charge on any atom is 0.120 e. The summed E-state index contributed by atoms with van der Waals surface area (Å²) in [5.74, 6) is 0.982. The molecule has 0 aliphatic carbocycles. The minimum atomic E-state index is -0.789. The molecule has 0 atom stereocenters. The zero-order chi connectivity index (χ0) is 14.5. The molecule has 0 saturated heterocycles. The number of ether oxygens (including phenoxy) is 1. The molecule has 0 N–H and O–H groups in total. The minimum Gasteiger partial charge on any atom is -0.488 e. The molecule has 0 spiro atoms. The second-order valence-electron chi connectivity index (χ2n) is 7.63. The topological polar surface area (TPSA) is 9.23 Å². The summed E-state index contributed by atoms with van der Waals surface area (Å²) in [6.45, 7) is 13.7. The fourth-order valence-electron chi connectivity index (χ4n) is 2.06. The number of hydrogen-bond acceptors (Lipinski definition) is 1. The van der Waals surface area contributed by atoms with E-state index in [2.05, 4.69) is 64.7 Å². The third-order valence-electron chi connectivity index (χ3n) is 2.99. The Labute approximate surface area is 122 Å². The summed E-state index contributed by atoms with van der Waals surface area (Å²) >= 11 is 0. The summed E-state index contributed by atoms with van der Waals surface area (Å²) in [6.07, 6.45) is 1.26. The normalized spacial score (nSPS) is 13.2. The van der Waals surface area contributed by atoms with Crippen molar-refractivity contribution in [1.82, 2.24) is 0 Å². The standard InChI is InChI=1S/C16H30OSi2/c1-16(2,3)17-15-9-7-14(8-10-15)11-12-18-13-19(4,5)6/h7-10H,11-13,18H2,1-6H3. The van der Waals surface area contributed by atoms with Gasteiger partial charge in [0.1, 0.15) is 11.4 Å². The maximum absolute atomic E-state index is 5.84. The molecule has 1 aromatic carbocycles. The van der Waals surface area contributed by atoms with Gasteiger partial charge in [0.2, 0.25) is 0 Å². The Kier molecular flexibility index (Phi) is 5.87. The predicted molar refractivity (Wildman–Crippen MR) is 92.0 cm³/mol. The Morgan fingerprint density at radius 3 is 2.11 bits per heavy atom. The number of hydrogen-bond donors (Lipinski definition) is 0. The third kappa shape index (κ3) is 8.27. The number of benzene rings is 1. The first-order valence-corrected chi connectivity index (χ1v) is 13.1. The molecule has 108 valence electrons. The summed E-state index contributed by atoms with van der Waals surface area (Å²) in [5, 5.41) is 0. The molecule has 1 aromatic rings. The van der Waals surface area contributed by atoms with Crippen molar-refractivity contribution >= 4 is 17.6 Å². The van der Waals surface area contributed by atoms with Gasteiger partial charge in [-0.15, -0.1) is 0 Å². The van der Waals surface area contributed by atoms with Gasteiger partial charge in [-0.2, -0.15) is 0 Å². The minimum absolute atomic E-state index is 0.105. The van der Waals surface area contributed by atoms with E-state index < -0.39 is 8.07 Å². The molecule has 0 saturated carbocycles. The van der Waals surface area contributed by atoms with Crippen molar-refractivity contribution in [2.75, 3.05) is 0 Å². The number of rotatable bonds is 6. The molecular formula is C16H30OSi2. The van der Waals surface area contributed by atoms with Crippen LogP contribution in [-0.4, -0.2) is 23.2 Å². The summed E-state index contributed by atoms with van der Waals surface area (Å²) in [7, 11) is -0.633. The lowest BCUT2D eigenvalue weighted by Gasteiger charge is -2.21.